The van der Waals surface area contributed by atoms with E-state index in [1.54, 1.807) is 12.1 Å². The third-order valence-corrected chi connectivity index (χ3v) is 5.01. The summed E-state index contributed by atoms with van der Waals surface area (Å²) in [4.78, 5) is 0. The molecule has 7 heteroatoms. The number of aromatic nitrogens is 2. The quantitative estimate of drug-likeness (QED) is 0.444. The largest absolute Gasteiger partial charge is 0.508 e. The van der Waals surface area contributed by atoms with Crippen molar-refractivity contribution < 1.29 is 14.9 Å². The van der Waals surface area contributed by atoms with Crippen molar-refractivity contribution in [2.75, 3.05) is 19.7 Å². The maximum atomic E-state index is 10.2. The number of aromatic hydroxyl groups is 1. The van der Waals surface area contributed by atoms with Crippen LogP contribution >= 0.6 is 11.3 Å². The average molecular weight is 412 g/mol. The predicted molar refractivity (Wildman–Crippen MR) is 116 cm³/mol. The summed E-state index contributed by atoms with van der Waals surface area (Å²) >= 11 is 1.53. The van der Waals surface area contributed by atoms with Gasteiger partial charge in [-0.2, -0.15) is 0 Å². The first-order valence-corrected chi connectivity index (χ1v) is 10.3. The molecule has 1 heterocycles. The lowest BCUT2D eigenvalue weighted by molar-refractivity contribution is 0.106. The summed E-state index contributed by atoms with van der Waals surface area (Å²) < 4.78 is 5.82. The molecule has 29 heavy (non-hydrogen) atoms. The van der Waals surface area contributed by atoms with E-state index < -0.39 is 6.10 Å². The Labute approximate surface area is 174 Å². The second-order valence-corrected chi connectivity index (χ2v) is 7.83. The van der Waals surface area contributed by atoms with Gasteiger partial charge in [0.15, 0.2) is 0 Å². The fourth-order valence-electron chi connectivity index (χ4n) is 2.70. The topological polar surface area (TPSA) is 87.5 Å². The van der Waals surface area contributed by atoms with Gasteiger partial charge in [0.25, 0.3) is 0 Å². The summed E-state index contributed by atoms with van der Waals surface area (Å²) in [7, 11) is 0. The number of phenolic OH excluding ortho intramolecular Hbond substituents is 1. The van der Waals surface area contributed by atoms with E-state index in [0.717, 1.165) is 34.1 Å². The average Bonchev–Trinajstić information content (AvgIpc) is 3.15. The van der Waals surface area contributed by atoms with Crippen LogP contribution < -0.4 is 10.1 Å². The lowest BCUT2D eigenvalue weighted by Gasteiger charge is -2.14. The number of rotatable bonds is 10. The molecule has 0 saturated carbocycles. The van der Waals surface area contributed by atoms with Crippen LogP contribution in [0.4, 0.5) is 0 Å². The number of para-hydroxylation sites is 1. The van der Waals surface area contributed by atoms with Crippen molar-refractivity contribution in [3.8, 4) is 11.5 Å². The van der Waals surface area contributed by atoms with Gasteiger partial charge < -0.3 is 20.3 Å². The third kappa shape index (κ3) is 6.98. The maximum absolute atomic E-state index is 10.2. The van der Waals surface area contributed by atoms with Gasteiger partial charge in [0, 0.05) is 12.1 Å². The van der Waals surface area contributed by atoms with Crippen molar-refractivity contribution in [3.63, 3.8) is 0 Å². The number of hydrogen-bond acceptors (Lipinski definition) is 7. The van der Waals surface area contributed by atoms with Gasteiger partial charge in [-0.3, -0.25) is 0 Å². The minimum atomic E-state index is -0.613. The molecule has 2 aromatic carbocycles. The first-order chi connectivity index (χ1) is 14.1. The van der Waals surface area contributed by atoms with Gasteiger partial charge in [-0.1, -0.05) is 41.7 Å². The highest BCUT2D eigenvalue weighted by molar-refractivity contribution is 7.12. The molecule has 3 rings (SSSR count). The summed E-state index contributed by atoms with van der Waals surface area (Å²) in [5.41, 5.74) is 2.06. The molecule has 0 aliphatic carbocycles. The van der Waals surface area contributed by atoms with Crippen molar-refractivity contribution in [2.45, 2.75) is 19.4 Å². The monoisotopic (exact) mass is 411 g/mol. The molecule has 0 amide bonds. The maximum Gasteiger partial charge on any atom is 0.140 e. The minimum Gasteiger partial charge on any atom is -0.508 e. The highest BCUT2D eigenvalue weighted by Crippen LogP contribution is 2.21. The SMILES string of the molecule is Cc1nnc(C=Cc2ccccc2OCC(O)CNCCc2ccc(O)cc2)s1. The van der Waals surface area contributed by atoms with E-state index in [1.807, 2.05) is 55.5 Å². The Kier molecular flexibility index (Phi) is 7.75. The molecule has 3 N–H and O–H groups in total. The molecule has 152 valence electrons. The first-order valence-electron chi connectivity index (χ1n) is 9.47. The molecule has 0 fully saturated rings. The normalized spacial score (nSPS) is 12.3. The first kappa shape index (κ1) is 21.0. The van der Waals surface area contributed by atoms with Crippen LogP contribution in [0, 0.1) is 6.92 Å². The number of ether oxygens (including phenoxy) is 1. The second kappa shape index (κ2) is 10.7. The molecule has 1 unspecified atom stereocenters. The summed E-state index contributed by atoms with van der Waals surface area (Å²) in [6, 6.07) is 14.8. The summed E-state index contributed by atoms with van der Waals surface area (Å²) in [5.74, 6) is 0.982. The van der Waals surface area contributed by atoms with Gasteiger partial charge in [0.05, 0.1) is 0 Å². The Morgan fingerprint density at radius 2 is 1.90 bits per heavy atom. The van der Waals surface area contributed by atoms with E-state index in [1.165, 1.54) is 11.3 Å². The molecule has 0 radical (unpaired) electrons. The predicted octanol–water partition coefficient (Wildman–Crippen LogP) is 3.29. The van der Waals surface area contributed by atoms with Crippen LogP contribution in [0.5, 0.6) is 11.5 Å². The Morgan fingerprint density at radius 1 is 1.10 bits per heavy atom. The fraction of sp³-hybridized carbons (Fsp3) is 0.273. The molecule has 1 aromatic heterocycles. The molecule has 0 aliphatic heterocycles. The fourth-order valence-corrected chi connectivity index (χ4v) is 3.30. The van der Waals surface area contributed by atoms with Crippen LogP contribution in [0.25, 0.3) is 12.2 Å². The zero-order valence-electron chi connectivity index (χ0n) is 16.3. The van der Waals surface area contributed by atoms with Crippen LogP contribution in [-0.2, 0) is 6.42 Å². The van der Waals surface area contributed by atoms with E-state index in [9.17, 15) is 10.2 Å². The number of aliphatic hydroxyl groups excluding tert-OH is 1. The highest BCUT2D eigenvalue weighted by atomic mass is 32.1. The van der Waals surface area contributed by atoms with E-state index in [-0.39, 0.29) is 12.4 Å². The van der Waals surface area contributed by atoms with E-state index in [2.05, 4.69) is 15.5 Å². The molecule has 1 atom stereocenters. The van der Waals surface area contributed by atoms with Gasteiger partial charge in [0.2, 0.25) is 0 Å². The summed E-state index contributed by atoms with van der Waals surface area (Å²) in [5, 5.41) is 32.6. The summed E-state index contributed by atoms with van der Waals surface area (Å²) in [6.45, 7) is 3.31. The van der Waals surface area contributed by atoms with E-state index in [4.69, 9.17) is 4.74 Å². The van der Waals surface area contributed by atoms with Gasteiger partial charge in [0.1, 0.15) is 34.2 Å². The number of nitrogens with zero attached hydrogens (tertiary/aromatic N) is 2. The molecule has 6 nitrogen and oxygen atoms in total. The minimum absolute atomic E-state index is 0.203. The lowest BCUT2D eigenvalue weighted by atomic mass is 10.1. The third-order valence-electron chi connectivity index (χ3n) is 4.20. The molecule has 0 aliphatic rings. The van der Waals surface area contributed by atoms with Gasteiger partial charge in [-0.15, -0.1) is 10.2 Å². The van der Waals surface area contributed by atoms with Crippen LogP contribution in [0.3, 0.4) is 0 Å². The molecule has 3 aromatic rings. The number of aryl methyl sites for hydroxylation is 1. The number of aliphatic hydroxyl groups is 1. The van der Waals surface area contributed by atoms with E-state index >= 15 is 0 Å². The highest BCUT2D eigenvalue weighted by Gasteiger charge is 2.07. The molecule has 0 saturated heterocycles. The molecular formula is C22H25N3O3S. The summed E-state index contributed by atoms with van der Waals surface area (Å²) in [6.07, 6.45) is 4.07. The van der Waals surface area contributed by atoms with Crippen molar-refractivity contribution in [2.24, 2.45) is 0 Å². The van der Waals surface area contributed by atoms with Gasteiger partial charge in [-0.25, -0.2) is 0 Å². The van der Waals surface area contributed by atoms with Crippen molar-refractivity contribution >= 4 is 23.5 Å². The Bertz CT molecular complexity index is 925. The van der Waals surface area contributed by atoms with Crippen LogP contribution in [0.15, 0.2) is 48.5 Å². The Balaban J connectivity index is 1.43. The Hall–Kier alpha value is -2.74. The standard InChI is InChI=1S/C22H25N3O3S/c1-16-24-25-22(29-16)11-8-18-4-2-3-5-21(18)28-15-20(27)14-23-13-12-17-6-9-19(26)10-7-17/h2-11,20,23,26-27H,12-15H2,1H3. The van der Waals surface area contributed by atoms with Crippen molar-refractivity contribution in [1.82, 2.24) is 15.5 Å². The van der Waals surface area contributed by atoms with Gasteiger partial charge in [-0.05, 0) is 55.8 Å². The van der Waals surface area contributed by atoms with Gasteiger partial charge >= 0.3 is 0 Å². The number of nitrogens with one attached hydrogen (secondary N) is 1. The van der Waals surface area contributed by atoms with Crippen LogP contribution in [0.1, 0.15) is 21.1 Å². The number of hydrogen-bond donors (Lipinski definition) is 3. The molecular weight excluding hydrogens is 386 g/mol. The molecule has 0 bridgehead atoms. The van der Waals surface area contributed by atoms with E-state index in [0.29, 0.717) is 12.3 Å². The smallest absolute Gasteiger partial charge is 0.140 e. The number of phenols is 1. The van der Waals surface area contributed by atoms with Crippen LogP contribution in [-0.4, -0.2) is 46.2 Å². The zero-order chi connectivity index (χ0) is 20.5. The Morgan fingerprint density at radius 3 is 2.66 bits per heavy atom. The lowest BCUT2D eigenvalue weighted by Crippen LogP contribution is -2.32. The molecule has 0 spiro atoms. The second-order valence-electron chi connectivity index (χ2n) is 6.62. The van der Waals surface area contributed by atoms with Crippen molar-refractivity contribution in [3.05, 3.63) is 69.7 Å². The van der Waals surface area contributed by atoms with Crippen LogP contribution in [0.2, 0.25) is 0 Å². The number of benzene rings is 2. The zero-order valence-corrected chi connectivity index (χ0v) is 17.1. The van der Waals surface area contributed by atoms with Crippen molar-refractivity contribution in [1.29, 1.82) is 0 Å².